The molecule has 8 nitrogen and oxygen atoms in total. The Hall–Kier alpha value is -3.42. The molecule has 2 aromatic rings. The maximum atomic E-state index is 12.5. The fourth-order valence-corrected chi connectivity index (χ4v) is 2.74. The zero-order valence-corrected chi connectivity index (χ0v) is 17.7. The molecule has 0 saturated heterocycles. The number of benzene rings is 2. The van der Waals surface area contributed by atoms with Gasteiger partial charge in [-0.1, -0.05) is 45.0 Å². The van der Waals surface area contributed by atoms with Gasteiger partial charge in [0.15, 0.2) is 23.9 Å². The largest absolute Gasteiger partial charge is 0.493 e. The number of nitro benzene ring substituents is 1. The normalized spacial score (nSPS) is 11.0. The lowest BCUT2D eigenvalue weighted by Gasteiger charge is -2.19. The summed E-state index contributed by atoms with van der Waals surface area (Å²) in [6, 6.07) is 9.30. The molecule has 0 spiro atoms. The number of Topliss-reactive ketones (excluding diaryl/α,β-unsaturated/α-hetero) is 1. The van der Waals surface area contributed by atoms with E-state index in [1.54, 1.807) is 19.1 Å². The summed E-state index contributed by atoms with van der Waals surface area (Å²) in [5.41, 5.74) is 0.574. The molecule has 2 aromatic carbocycles. The molecular weight excluding hydrogens is 390 g/mol. The van der Waals surface area contributed by atoms with Crippen molar-refractivity contribution in [1.82, 2.24) is 0 Å². The lowest BCUT2D eigenvalue weighted by Crippen LogP contribution is -2.16. The second-order valence-electron chi connectivity index (χ2n) is 7.54. The Labute approximate surface area is 174 Å². The number of carbonyl (C=O) groups excluding carboxylic acids is 2. The summed E-state index contributed by atoms with van der Waals surface area (Å²) in [4.78, 5) is 35.5. The van der Waals surface area contributed by atoms with Crippen LogP contribution >= 0.6 is 0 Å². The van der Waals surface area contributed by atoms with Gasteiger partial charge in [0.2, 0.25) is 0 Å². The fraction of sp³-hybridized carbons (Fsp3) is 0.364. The highest BCUT2D eigenvalue weighted by Gasteiger charge is 2.26. The van der Waals surface area contributed by atoms with Crippen LogP contribution in [0.25, 0.3) is 0 Å². The van der Waals surface area contributed by atoms with Crippen molar-refractivity contribution < 1.29 is 28.7 Å². The monoisotopic (exact) mass is 415 g/mol. The molecule has 0 unspecified atom stereocenters. The van der Waals surface area contributed by atoms with Gasteiger partial charge in [-0.25, -0.2) is 4.79 Å². The number of hydrogen-bond donors (Lipinski definition) is 0. The third-order valence-corrected chi connectivity index (χ3v) is 4.41. The summed E-state index contributed by atoms with van der Waals surface area (Å²) in [5, 5.41) is 11.4. The van der Waals surface area contributed by atoms with Crippen LogP contribution in [0.15, 0.2) is 36.4 Å². The van der Waals surface area contributed by atoms with Crippen LogP contribution in [0.3, 0.4) is 0 Å². The minimum atomic E-state index is -0.997. The highest BCUT2D eigenvalue weighted by molar-refractivity contribution is 6.00. The van der Waals surface area contributed by atoms with Crippen LogP contribution in [0.1, 0.15) is 54.0 Å². The van der Waals surface area contributed by atoms with Gasteiger partial charge in [0, 0.05) is 11.6 Å². The molecule has 0 bridgehead atoms. The first kappa shape index (κ1) is 22.9. The standard InChI is InChI=1S/C22H25NO7/c1-6-29-20-12-17(23(26)27)16(11-19(20)28-5)21(25)30-13-18(24)14-7-9-15(10-8-14)22(2,3)4/h7-12H,6,13H2,1-5H3. The number of hydrogen-bond acceptors (Lipinski definition) is 7. The van der Waals surface area contributed by atoms with Gasteiger partial charge in [0.1, 0.15) is 5.56 Å². The molecule has 0 saturated carbocycles. The van der Waals surface area contributed by atoms with Gasteiger partial charge in [-0.15, -0.1) is 0 Å². The Bertz CT molecular complexity index is 943. The molecule has 0 aliphatic rings. The van der Waals surface area contributed by atoms with Crippen LogP contribution in [0, 0.1) is 10.1 Å². The van der Waals surface area contributed by atoms with Gasteiger partial charge in [-0.3, -0.25) is 14.9 Å². The van der Waals surface area contributed by atoms with E-state index in [4.69, 9.17) is 14.2 Å². The van der Waals surface area contributed by atoms with Gasteiger partial charge in [-0.2, -0.15) is 0 Å². The predicted octanol–water partition coefficient (Wildman–Crippen LogP) is 4.34. The second kappa shape index (κ2) is 9.39. The van der Waals surface area contributed by atoms with Gasteiger partial charge >= 0.3 is 5.97 Å². The Morgan fingerprint density at radius 1 is 1.07 bits per heavy atom. The van der Waals surface area contributed by atoms with Crippen LogP contribution in [0.2, 0.25) is 0 Å². The zero-order valence-electron chi connectivity index (χ0n) is 17.7. The van der Waals surface area contributed by atoms with Gasteiger partial charge < -0.3 is 14.2 Å². The fourth-order valence-electron chi connectivity index (χ4n) is 2.74. The maximum absolute atomic E-state index is 12.5. The van der Waals surface area contributed by atoms with Crippen molar-refractivity contribution in [1.29, 1.82) is 0 Å². The van der Waals surface area contributed by atoms with Crippen molar-refractivity contribution in [3.8, 4) is 11.5 Å². The zero-order chi connectivity index (χ0) is 22.5. The first-order valence-electron chi connectivity index (χ1n) is 9.38. The molecule has 0 aliphatic heterocycles. The van der Waals surface area contributed by atoms with Crippen molar-refractivity contribution in [3.63, 3.8) is 0 Å². The average Bonchev–Trinajstić information content (AvgIpc) is 2.71. The van der Waals surface area contributed by atoms with E-state index in [2.05, 4.69) is 20.8 Å². The van der Waals surface area contributed by atoms with E-state index in [9.17, 15) is 19.7 Å². The van der Waals surface area contributed by atoms with Crippen LogP contribution in [-0.4, -0.2) is 37.0 Å². The number of carbonyl (C=O) groups is 2. The average molecular weight is 415 g/mol. The van der Waals surface area contributed by atoms with Crippen molar-refractivity contribution in [3.05, 3.63) is 63.2 Å². The molecule has 0 N–H and O–H groups in total. The summed E-state index contributed by atoms with van der Waals surface area (Å²) in [6.07, 6.45) is 0. The third-order valence-electron chi connectivity index (χ3n) is 4.41. The number of nitrogens with zero attached hydrogens (tertiary/aromatic N) is 1. The van der Waals surface area contributed by atoms with Crippen molar-refractivity contribution in [2.24, 2.45) is 0 Å². The highest BCUT2D eigenvalue weighted by atomic mass is 16.6. The van der Waals surface area contributed by atoms with Crippen LogP contribution in [0.4, 0.5) is 5.69 Å². The Kier molecular flexibility index (Phi) is 7.15. The smallest absolute Gasteiger partial charge is 0.345 e. The minimum Gasteiger partial charge on any atom is -0.493 e. The highest BCUT2D eigenvalue weighted by Crippen LogP contribution is 2.35. The Morgan fingerprint density at radius 3 is 2.20 bits per heavy atom. The number of methoxy groups -OCH3 is 1. The molecule has 0 heterocycles. The molecule has 0 aliphatic carbocycles. The maximum Gasteiger partial charge on any atom is 0.345 e. The molecular formula is C22H25NO7. The van der Waals surface area contributed by atoms with E-state index in [0.717, 1.165) is 11.6 Å². The Balaban J connectivity index is 2.19. The number of ketones is 1. The van der Waals surface area contributed by atoms with E-state index in [0.29, 0.717) is 5.56 Å². The van der Waals surface area contributed by atoms with E-state index in [1.165, 1.54) is 13.2 Å². The molecule has 30 heavy (non-hydrogen) atoms. The molecule has 0 fully saturated rings. The lowest BCUT2D eigenvalue weighted by molar-refractivity contribution is -0.385. The number of esters is 1. The number of rotatable bonds is 8. The molecule has 0 atom stereocenters. The first-order chi connectivity index (χ1) is 14.1. The van der Waals surface area contributed by atoms with E-state index in [-0.39, 0.29) is 29.1 Å². The van der Waals surface area contributed by atoms with E-state index < -0.39 is 29.0 Å². The third kappa shape index (κ3) is 5.34. The quantitative estimate of drug-likeness (QED) is 0.273. The van der Waals surface area contributed by atoms with Crippen molar-refractivity contribution in [2.45, 2.75) is 33.1 Å². The topological polar surface area (TPSA) is 105 Å². The summed E-state index contributed by atoms with van der Waals surface area (Å²) in [5.74, 6) is -1.12. The van der Waals surface area contributed by atoms with Crippen LogP contribution < -0.4 is 9.47 Å². The minimum absolute atomic E-state index is 0.0559. The summed E-state index contributed by atoms with van der Waals surface area (Å²) >= 11 is 0. The Morgan fingerprint density at radius 2 is 1.70 bits per heavy atom. The van der Waals surface area contributed by atoms with Crippen molar-refractivity contribution >= 4 is 17.4 Å². The molecule has 160 valence electrons. The van der Waals surface area contributed by atoms with Crippen LogP contribution in [-0.2, 0) is 10.2 Å². The first-order valence-corrected chi connectivity index (χ1v) is 9.38. The van der Waals surface area contributed by atoms with Gasteiger partial charge in [-0.05, 0) is 17.9 Å². The lowest BCUT2D eigenvalue weighted by atomic mass is 9.86. The summed E-state index contributed by atoms with van der Waals surface area (Å²) in [6.45, 7) is 7.62. The van der Waals surface area contributed by atoms with E-state index >= 15 is 0 Å². The number of nitro groups is 1. The SMILES string of the molecule is CCOc1cc([N+](=O)[O-])c(C(=O)OCC(=O)c2ccc(C(C)(C)C)cc2)cc1OC. The summed E-state index contributed by atoms with van der Waals surface area (Å²) in [7, 11) is 1.35. The predicted molar refractivity (Wildman–Crippen MR) is 111 cm³/mol. The summed E-state index contributed by atoms with van der Waals surface area (Å²) < 4.78 is 15.5. The van der Waals surface area contributed by atoms with E-state index in [1.807, 2.05) is 12.1 Å². The molecule has 0 amide bonds. The van der Waals surface area contributed by atoms with Gasteiger partial charge in [0.25, 0.3) is 5.69 Å². The number of ether oxygens (including phenoxy) is 3. The molecule has 2 rings (SSSR count). The molecule has 0 radical (unpaired) electrons. The molecule has 8 heteroatoms. The van der Waals surface area contributed by atoms with Crippen LogP contribution in [0.5, 0.6) is 11.5 Å². The second-order valence-corrected chi connectivity index (χ2v) is 7.54. The molecule has 0 aromatic heterocycles. The van der Waals surface area contributed by atoms with Gasteiger partial charge in [0.05, 0.1) is 24.7 Å². The van der Waals surface area contributed by atoms with Crippen molar-refractivity contribution in [2.75, 3.05) is 20.3 Å².